The Morgan fingerprint density at radius 2 is 1.89 bits per heavy atom. The molecule has 0 spiro atoms. The third-order valence-corrected chi connectivity index (χ3v) is 2.58. The summed E-state index contributed by atoms with van der Waals surface area (Å²) in [6.07, 6.45) is 0. The van der Waals surface area contributed by atoms with Crippen molar-refractivity contribution in [2.75, 3.05) is 5.32 Å². The summed E-state index contributed by atoms with van der Waals surface area (Å²) in [5, 5.41) is 12.0. The number of phenolic OH excluding ortho intramolecular Hbond substituents is 1. The van der Waals surface area contributed by atoms with Crippen LogP contribution in [0.2, 0.25) is 0 Å². The van der Waals surface area contributed by atoms with Crippen molar-refractivity contribution in [3.05, 3.63) is 59.2 Å². The van der Waals surface area contributed by atoms with Crippen LogP contribution in [-0.2, 0) is 0 Å². The predicted octanol–water partition coefficient (Wildman–Crippen LogP) is 3.23. The Bertz CT molecular complexity index is 641. The highest BCUT2D eigenvalue weighted by atomic mass is 19.1. The minimum atomic E-state index is -0.954. The number of anilines is 1. The lowest BCUT2D eigenvalue weighted by Crippen LogP contribution is -2.14. The minimum absolute atomic E-state index is 0.124. The predicted molar refractivity (Wildman–Crippen MR) is 67.2 cm³/mol. The molecular formula is C14H11F2NO2. The van der Waals surface area contributed by atoms with Gasteiger partial charge in [-0.25, -0.2) is 8.78 Å². The molecule has 1 amide bonds. The van der Waals surface area contributed by atoms with Crippen molar-refractivity contribution in [3.63, 3.8) is 0 Å². The average molecular weight is 263 g/mol. The highest BCUT2D eigenvalue weighted by Gasteiger charge is 2.14. The summed E-state index contributed by atoms with van der Waals surface area (Å²) in [5.41, 5.74) is 0.712. The Balaban J connectivity index is 2.28. The second-order valence-corrected chi connectivity index (χ2v) is 4.10. The van der Waals surface area contributed by atoms with Gasteiger partial charge >= 0.3 is 0 Å². The maximum Gasteiger partial charge on any atom is 0.258 e. The number of benzene rings is 2. The molecule has 0 atom stereocenters. The highest BCUT2D eigenvalue weighted by Crippen LogP contribution is 2.24. The lowest BCUT2D eigenvalue weighted by molar-refractivity contribution is 0.102. The smallest absolute Gasteiger partial charge is 0.258 e. The van der Waals surface area contributed by atoms with Crippen LogP contribution in [0.5, 0.6) is 5.75 Å². The first-order valence-corrected chi connectivity index (χ1v) is 5.53. The fourth-order valence-electron chi connectivity index (χ4n) is 1.61. The van der Waals surface area contributed by atoms with Crippen LogP contribution in [0.1, 0.15) is 15.9 Å². The molecule has 0 aliphatic rings. The Hall–Kier alpha value is -2.43. The van der Waals surface area contributed by atoms with Gasteiger partial charge in [0.15, 0.2) is 0 Å². The zero-order chi connectivity index (χ0) is 14.0. The van der Waals surface area contributed by atoms with Crippen LogP contribution in [0.25, 0.3) is 0 Å². The first-order chi connectivity index (χ1) is 8.97. The number of carbonyl (C=O) groups is 1. The molecule has 0 aliphatic heterocycles. The molecule has 0 unspecified atom stereocenters. The Labute approximate surface area is 108 Å². The molecule has 0 heterocycles. The highest BCUT2D eigenvalue weighted by molar-refractivity contribution is 6.05. The monoisotopic (exact) mass is 263 g/mol. The SMILES string of the molecule is Cc1ccc(O)c(NC(=O)c2ccc(F)cc2F)c1. The second kappa shape index (κ2) is 5.06. The number of rotatable bonds is 2. The van der Waals surface area contributed by atoms with E-state index in [1.807, 2.05) is 0 Å². The van der Waals surface area contributed by atoms with Crippen molar-refractivity contribution in [1.29, 1.82) is 0 Å². The maximum absolute atomic E-state index is 13.4. The van der Waals surface area contributed by atoms with Crippen LogP contribution in [0.15, 0.2) is 36.4 Å². The molecule has 0 saturated heterocycles. The van der Waals surface area contributed by atoms with Crippen LogP contribution < -0.4 is 5.32 Å². The molecule has 5 heteroatoms. The number of nitrogens with one attached hydrogen (secondary N) is 1. The normalized spacial score (nSPS) is 10.3. The first-order valence-electron chi connectivity index (χ1n) is 5.53. The first kappa shape index (κ1) is 13.0. The van der Waals surface area contributed by atoms with Gasteiger partial charge in [-0.1, -0.05) is 6.07 Å². The van der Waals surface area contributed by atoms with E-state index < -0.39 is 17.5 Å². The molecule has 19 heavy (non-hydrogen) atoms. The van der Waals surface area contributed by atoms with Crippen molar-refractivity contribution in [1.82, 2.24) is 0 Å². The molecule has 2 aromatic rings. The van der Waals surface area contributed by atoms with Crippen molar-refractivity contribution >= 4 is 11.6 Å². The lowest BCUT2D eigenvalue weighted by Gasteiger charge is -2.08. The van der Waals surface area contributed by atoms with E-state index in [0.717, 1.165) is 17.7 Å². The standard InChI is InChI=1S/C14H11F2NO2/c1-8-2-5-13(18)12(6-8)17-14(19)10-4-3-9(15)7-11(10)16/h2-7,18H,1H3,(H,17,19). The summed E-state index contributed by atoms with van der Waals surface area (Å²) in [6.45, 7) is 1.79. The van der Waals surface area contributed by atoms with E-state index in [-0.39, 0.29) is 17.0 Å². The molecule has 0 bridgehead atoms. The molecular weight excluding hydrogens is 252 g/mol. The summed E-state index contributed by atoms with van der Waals surface area (Å²) in [5.74, 6) is -2.59. The Morgan fingerprint density at radius 3 is 2.58 bits per heavy atom. The Morgan fingerprint density at radius 1 is 1.16 bits per heavy atom. The maximum atomic E-state index is 13.4. The van der Waals surface area contributed by atoms with Gasteiger partial charge in [0.1, 0.15) is 17.4 Å². The fourth-order valence-corrected chi connectivity index (χ4v) is 1.61. The molecule has 2 N–H and O–H groups in total. The van der Waals surface area contributed by atoms with E-state index in [1.165, 1.54) is 6.07 Å². The molecule has 0 aromatic heterocycles. The van der Waals surface area contributed by atoms with Crippen LogP contribution in [0, 0.1) is 18.6 Å². The van der Waals surface area contributed by atoms with Gasteiger partial charge in [0.05, 0.1) is 11.3 Å². The summed E-state index contributed by atoms with van der Waals surface area (Å²) in [7, 11) is 0. The van der Waals surface area contributed by atoms with Crippen LogP contribution in [0.3, 0.4) is 0 Å². The third kappa shape index (κ3) is 2.88. The number of phenols is 1. The van der Waals surface area contributed by atoms with Gasteiger partial charge in [0.2, 0.25) is 0 Å². The van der Waals surface area contributed by atoms with Crippen molar-refractivity contribution in [2.24, 2.45) is 0 Å². The zero-order valence-electron chi connectivity index (χ0n) is 10.1. The number of hydrogen-bond acceptors (Lipinski definition) is 2. The zero-order valence-corrected chi connectivity index (χ0v) is 10.1. The average Bonchev–Trinajstić information content (AvgIpc) is 2.33. The van der Waals surface area contributed by atoms with Crippen LogP contribution in [-0.4, -0.2) is 11.0 Å². The topological polar surface area (TPSA) is 49.3 Å². The molecule has 3 nitrogen and oxygen atoms in total. The lowest BCUT2D eigenvalue weighted by atomic mass is 10.1. The molecule has 98 valence electrons. The van der Waals surface area contributed by atoms with E-state index >= 15 is 0 Å². The van der Waals surface area contributed by atoms with E-state index in [2.05, 4.69) is 5.32 Å². The number of aromatic hydroxyl groups is 1. The Kier molecular flexibility index (Phi) is 3.46. The quantitative estimate of drug-likeness (QED) is 0.817. The van der Waals surface area contributed by atoms with Crippen LogP contribution >= 0.6 is 0 Å². The van der Waals surface area contributed by atoms with Crippen LogP contribution in [0.4, 0.5) is 14.5 Å². The summed E-state index contributed by atoms with van der Waals surface area (Å²) < 4.78 is 26.2. The van der Waals surface area contributed by atoms with Crippen molar-refractivity contribution in [3.8, 4) is 5.75 Å². The van der Waals surface area contributed by atoms with Gasteiger partial charge in [-0.15, -0.1) is 0 Å². The van der Waals surface area contributed by atoms with E-state index in [1.54, 1.807) is 19.1 Å². The second-order valence-electron chi connectivity index (χ2n) is 4.10. The molecule has 2 rings (SSSR count). The molecule has 0 aliphatic carbocycles. The number of carbonyl (C=O) groups excluding carboxylic acids is 1. The number of hydrogen-bond donors (Lipinski definition) is 2. The number of halogens is 2. The van der Waals surface area contributed by atoms with Gasteiger partial charge < -0.3 is 10.4 Å². The minimum Gasteiger partial charge on any atom is -0.506 e. The van der Waals surface area contributed by atoms with Gasteiger partial charge in [-0.3, -0.25) is 4.79 Å². The summed E-state index contributed by atoms with van der Waals surface area (Å²) in [4.78, 5) is 11.8. The van der Waals surface area contributed by atoms with Gasteiger partial charge in [-0.2, -0.15) is 0 Å². The number of amides is 1. The van der Waals surface area contributed by atoms with E-state index in [9.17, 15) is 18.7 Å². The fraction of sp³-hybridized carbons (Fsp3) is 0.0714. The van der Waals surface area contributed by atoms with Crippen molar-refractivity contribution < 1.29 is 18.7 Å². The van der Waals surface area contributed by atoms with Gasteiger partial charge in [-0.05, 0) is 36.8 Å². The van der Waals surface area contributed by atoms with Crippen molar-refractivity contribution in [2.45, 2.75) is 6.92 Å². The third-order valence-electron chi connectivity index (χ3n) is 2.58. The van der Waals surface area contributed by atoms with Gasteiger partial charge in [0, 0.05) is 6.07 Å². The molecule has 2 aromatic carbocycles. The van der Waals surface area contributed by atoms with E-state index in [0.29, 0.717) is 6.07 Å². The molecule has 0 fully saturated rings. The summed E-state index contributed by atoms with van der Waals surface area (Å²) >= 11 is 0. The van der Waals surface area contributed by atoms with E-state index in [4.69, 9.17) is 0 Å². The van der Waals surface area contributed by atoms with Gasteiger partial charge in [0.25, 0.3) is 5.91 Å². The number of aryl methyl sites for hydroxylation is 1. The molecule has 0 radical (unpaired) electrons. The summed E-state index contributed by atoms with van der Waals surface area (Å²) in [6, 6.07) is 7.32. The largest absolute Gasteiger partial charge is 0.506 e. The molecule has 0 saturated carbocycles.